The second kappa shape index (κ2) is 8.69. The first kappa shape index (κ1) is 20.1. The van der Waals surface area contributed by atoms with E-state index in [1.807, 2.05) is 17.0 Å². The van der Waals surface area contributed by atoms with Crippen molar-refractivity contribution in [2.45, 2.75) is 25.4 Å². The van der Waals surface area contributed by atoms with Gasteiger partial charge in [-0.1, -0.05) is 12.1 Å². The third kappa shape index (κ3) is 4.53. The number of piperidine rings is 1. The molecule has 2 aliphatic heterocycles. The van der Waals surface area contributed by atoms with Gasteiger partial charge in [-0.25, -0.2) is 8.78 Å². The standard InChI is InChI=1S/C22H23F2N3O3/c23-15-10-16(24)12-17(11-15)25-21(28)14-27-13-20(22(29)26-8-4-1-5-9-26)30-19-7-3-2-6-18(19)27/h2-3,6-7,10-12,20H,1,4-5,8-9,13-14H2,(H,25,28)/t20-/m0/s1. The predicted octanol–water partition coefficient (Wildman–Crippen LogP) is 3.18. The van der Waals surface area contributed by atoms with Crippen molar-refractivity contribution in [2.24, 2.45) is 0 Å². The summed E-state index contributed by atoms with van der Waals surface area (Å²) in [4.78, 5) is 29.1. The van der Waals surface area contributed by atoms with Crippen molar-refractivity contribution in [1.82, 2.24) is 4.90 Å². The summed E-state index contributed by atoms with van der Waals surface area (Å²) in [5.74, 6) is -1.53. The van der Waals surface area contributed by atoms with Crippen molar-refractivity contribution in [3.63, 3.8) is 0 Å². The van der Waals surface area contributed by atoms with Gasteiger partial charge >= 0.3 is 0 Å². The number of rotatable bonds is 4. The molecule has 2 aromatic carbocycles. The normalized spacial score (nSPS) is 18.4. The lowest BCUT2D eigenvalue weighted by Crippen LogP contribution is -2.52. The van der Waals surface area contributed by atoms with E-state index in [2.05, 4.69) is 5.32 Å². The number of para-hydroxylation sites is 2. The minimum atomic E-state index is -0.769. The SMILES string of the molecule is O=C(CN1C[C@@H](C(=O)N2CCCCC2)Oc2ccccc21)Nc1cc(F)cc(F)c1. The number of benzene rings is 2. The zero-order valence-electron chi connectivity index (χ0n) is 16.4. The summed E-state index contributed by atoms with van der Waals surface area (Å²) in [6.45, 7) is 1.57. The summed E-state index contributed by atoms with van der Waals surface area (Å²) < 4.78 is 32.7. The molecule has 2 amide bonds. The van der Waals surface area contributed by atoms with Crippen molar-refractivity contribution in [1.29, 1.82) is 0 Å². The zero-order chi connectivity index (χ0) is 21.1. The Labute approximate surface area is 173 Å². The molecule has 4 rings (SSSR count). The zero-order valence-corrected chi connectivity index (χ0v) is 16.4. The molecule has 8 heteroatoms. The number of anilines is 2. The van der Waals surface area contributed by atoms with Gasteiger partial charge in [0.1, 0.15) is 17.4 Å². The van der Waals surface area contributed by atoms with Gasteiger partial charge in [-0.05, 0) is 43.5 Å². The number of likely N-dealkylation sites (tertiary alicyclic amines) is 1. The molecule has 1 fully saturated rings. The lowest BCUT2D eigenvalue weighted by molar-refractivity contribution is -0.139. The lowest BCUT2D eigenvalue weighted by atomic mass is 10.1. The summed E-state index contributed by atoms with van der Waals surface area (Å²) >= 11 is 0. The molecular formula is C22H23F2N3O3. The van der Waals surface area contributed by atoms with Gasteiger partial charge in [0.2, 0.25) is 5.91 Å². The molecule has 0 saturated carbocycles. The van der Waals surface area contributed by atoms with Crippen LogP contribution < -0.4 is 15.0 Å². The fraction of sp³-hybridized carbons (Fsp3) is 0.364. The molecule has 2 aromatic rings. The Morgan fingerprint density at radius 2 is 1.73 bits per heavy atom. The maximum atomic E-state index is 13.4. The molecule has 1 atom stereocenters. The Bertz CT molecular complexity index is 927. The van der Waals surface area contributed by atoms with Crippen LogP contribution in [-0.2, 0) is 9.59 Å². The number of nitrogens with one attached hydrogen (secondary N) is 1. The number of amides is 2. The first-order valence-corrected chi connectivity index (χ1v) is 10.0. The Hall–Kier alpha value is -3.16. The third-order valence-corrected chi connectivity index (χ3v) is 5.29. The highest BCUT2D eigenvalue weighted by Gasteiger charge is 2.34. The molecule has 30 heavy (non-hydrogen) atoms. The average Bonchev–Trinajstić information content (AvgIpc) is 2.73. The van der Waals surface area contributed by atoms with E-state index < -0.39 is 23.6 Å². The Morgan fingerprint density at radius 1 is 1.03 bits per heavy atom. The highest BCUT2D eigenvalue weighted by molar-refractivity contribution is 5.95. The largest absolute Gasteiger partial charge is 0.477 e. The number of fused-ring (bicyclic) bond motifs is 1. The Morgan fingerprint density at radius 3 is 2.47 bits per heavy atom. The van der Waals surface area contributed by atoms with E-state index in [0.29, 0.717) is 24.5 Å². The molecule has 6 nitrogen and oxygen atoms in total. The van der Waals surface area contributed by atoms with Crippen molar-refractivity contribution in [2.75, 3.05) is 36.4 Å². The van der Waals surface area contributed by atoms with E-state index in [9.17, 15) is 18.4 Å². The Balaban J connectivity index is 1.49. The van der Waals surface area contributed by atoms with Crippen LogP contribution in [0.1, 0.15) is 19.3 Å². The van der Waals surface area contributed by atoms with Gasteiger partial charge in [0, 0.05) is 24.8 Å². The monoisotopic (exact) mass is 415 g/mol. The van der Waals surface area contributed by atoms with Crippen molar-refractivity contribution in [3.8, 4) is 5.75 Å². The van der Waals surface area contributed by atoms with Gasteiger partial charge in [0.25, 0.3) is 5.91 Å². The van der Waals surface area contributed by atoms with Crippen LogP contribution >= 0.6 is 0 Å². The van der Waals surface area contributed by atoms with Crippen LogP contribution in [0.5, 0.6) is 5.75 Å². The van der Waals surface area contributed by atoms with E-state index in [4.69, 9.17) is 4.74 Å². The molecule has 0 unspecified atom stereocenters. The number of halogens is 2. The van der Waals surface area contributed by atoms with Crippen LogP contribution in [0, 0.1) is 11.6 Å². The van der Waals surface area contributed by atoms with Crippen LogP contribution in [0.15, 0.2) is 42.5 Å². The molecule has 0 radical (unpaired) electrons. The first-order valence-electron chi connectivity index (χ1n) is 10.0. The second-order valence-corrected chi connectivity index (χ2v) is 7.55. The maximum Gasteiger partial charge on any atom is 0.265 e. The predicted molar refractivity (Wildman–Crippen MR) is 108 cm³/mol. The van der Waals surface area contributed by atoms with Crippen LogP contribution in [0.4, 0.5) is 20.2 Å². The van der Waals surface area contributed by atoms with Gasteiger partial charge in [-0.15, -0.1) is 0 Å². The Kier molecular flexibility index (Phi) is 5.83. The average molecular weight is 415 g/mol. The van der Waals surface area contributed by atoms with E-state index in [1.54, 1.807) is 17.0 Å². The van der Waals surface area contributed by atoms with Gasteiger partial charge < -0.3 is 19.9 Å². The molecule has 1 saturated heterocycles. The van der Waals surface area contributed by atoms with Gasteiger partial charge in [0.15, 0.2) is 6.10 Å². The molecule has 2 aliphatic rings. The summed E-state index contributed by atoms with van der Waals surface area (Å²) in [5, 5.41) is 2.51. The first-order chi connectivity index (χ1) is 14.5. The fourth-order valence-corrected chi connectivity index (χ4v) is 3.90. The molecule has 2 heterocycles. The van der Waals surface area contributed by atoms with E-state index in [0.717, 1.165) is 37.5 Å². The lowest BCUT2D eigenvalue weighted by Gasteiger charge is -2.38. The number of hydrogen-bond donors (Lipinski definition) is 1. The summed E-state index contributed by atoms with van der Waals surface area (Å²) in [5.41, 5.74) is 0.737. The van der Waals surface area contributed by atoms with Crippen molar-refractivity contribution >= 4 is 23.2 Å². The number of carbonyl (C=O) groups is 2. The highest BCUT2D eigenvalue weighted by Crippen LogP contribution is 2.33. The van der Waals surface area contributed by atoms with Crippen LogP contribution in [0.2, 0.25) is 0 Å². The van der Waals surface area contributed by atoms with Crippen molar-refractivity contribution in [3.05, 3.63) is 54.1 Å². The molecule has 0 aliphatic carbocycles. The number of hydrogen-bond acceptors (Lipinski definition) is 4. The van der Waals surface area contributed by atoms with Crippen LogP contribution in [0.3, 0.4) is 0 Å². The van der Waals surface area contributed by atoms with E-state index in [1.165, 1.54) is 0 Å². The van der Waals surface area contributed by atoms with Crippen LogP contribution in [-0.4, -0.2) is 49.0 Å². The highest BCUT2D eigenvalue weighted by atomic mass is 19.1. The summed E-state index contributed by atoms with van der Waals surface area (Å²) in [6, 6.07) is 10.0. The fourth-order valence-electron chi connectivity index (χ4n) is 3.90. The second-order valence-electron chi connectivity index (χ2n) is 7.55. The summed E-state index contributed by atoms with van der Waals surface area (Å²) in [6.07, 6.45) is 2.36. The molecule has 0 bridgehead atoms. The van der Waals surface area contributed by atoms with Gasteiger partial charge in [-0.3, -0.25) is 9.59 Å². The quantitative estimate of drug-likeness (QED) is 0.833. The number of carbonyl (C=O) groups excluding carboxylic acids is 2. The van der Waals surface area contributed by atoms with Crippen molar-refractivity contribution < 1.29 is 23.1 Å². The molecule has 0 spiro atoms. The molecule has 1 N–H and O–H groups in total. The molecular weight excluding hydrogens is 392 g/mol. The number of nitrogens with zero attached hydrogens (tertiary/aromatic N) is 2. The smallest absolute Gasteiger partial charge is 0.265 e. The molecule has 0 aromatic heterocycles. The van der Waals surface area contributed by atoms with E-state index >= 15 is 0 Å². The minimum absolute atomic E-state index is 0.0417. The maximum absolute atomic E-state index is 13.4. The minimum Gasteiger partial charge on any atom is -0.477 e. The van der Waals surface area contributed by atoms with E-state index in [-0.39, 0.29) is 24.7 Å². The molecule has 158 valence electrons. The van der Waals surface area contributed by atoms with Gasteiger partial charge in [0.05, 0.1) is 18.8 Å². The summed E-state index contributed by atoms with van der Waals surface area (Å²) in [7, 11) is 0. The van der Waals surface area contributed by atoms with Crippen LogP contribution in [0.25, 0.3) is 0 Å². The third-order valence-electron chi connectivity index (χ3n) is 5.29. The van der Waals surface area contributed by atoms with Gasteiger partial charge in [-0.2, -0.15) is 0 Å². The topological polar surface area (TPSA) is 61.9 Å². The number of ether oxygens (including phenoxy) is 1.